The second-order valence-electron chi connectivity index (χ2n) is 3.63. The molecule has 2 rings (SSSR count). The fourth-order valence-corrected chi connectivity index (χ4v) is 1.65. The fourth-order valence-electron chi connectivity index (χ4n) is 1.39. The fraction of sp³-hybridized carbons (Fsp3) is 0. The summed E-state index contributed by atoms with van der Waals surface area (Å²) in [4.78, 5) is 11.8. The van der Waals surface area contributed by atoms with Crippen LogP contribution in [0.5, 0.6) is 5.75 Å². The van der Waals surface area contributed by atoms with Crippen LogP contribution < -0.4 is 5.32 Å². The van der Waals surface area contributed by atoms with Crippen molar-refractivity contribution in [1.29, 1.82) is 0 Å². The zero-order chi connectivity index (χ0) is 13.1. The lowest BCUT2D eigenvalue weighted by Crippen LogP contribution is -2.11. The van der Waals surface area contributed by atoms with Gasteiger partial charge in [0.1, 0.15) is 0 Å². The summed E-state index contributed by atoms with van der Waals surface area (Å²) >= 11 is 3.27. The Labute approximate surface area is 111 Å². The number of phenolic OH excluding ortho intramolecular Hbond substituents is 1. The van der Waals surface area contributed by atoms with Crippen LogP contribution in [0.2, 0.25) is 0 Å². The number of rotatable bonds is 2. The summed E-state index contributed by atoms with van der Waals surface area (Å²) in [6, 6.07) is 10.5. The van der Waals surface area contributed by atoms with Crippen molar-refractivity contribution >= 4 is 27.5 Å². The molecule has 0 atom stereocenters. The number of hydrogen-bond acceptors (Lipinski definition) is 2. The molecule has 0 bridgehead atoms. The van der Waals surface area contributed by atoms with Gasteiger partial charge in [0.05, 0.1) is 0 Å². The lowest BCUT2D eigenvalue weighted by atomic mass is 10.2. The third kappa shape index (κ3) is 2.87. The molecular weight excluding hydrogens is 301 g/mol. The van der Waals surface area contributed by atoms with Crippen LogP contribution in [0.15, 0.2) is 46.9 Å². The minimum atomic E-state index is -0.774. The van der Waals surface area contributed by atoms with E-state index in [1.807, 2.05) is 0 Å². The Hall–Kier alpha value is -1.88. The molecule has 18 heavy (non-hydrogen) atoms. The summed E-state index contributed by atoms with van der Waals surface area (Å²) < 4.78 is 13.9. The van der Waals surface area contributed by atoms with E-state index in [0.717, 1.165) is 10.5 Å². The van der Waals surface area contributed by atoms with Crippen LogP contribution in [0, 0.1) is 5.82 Å². The first-order chi connectivity index (χ1) is 8.56. The van der Waals surface area contributed by atoms with E-state index in [0.29, 0.717) is 11.3 Å². The number of amides is 1. The number of hydrogen-bond donors (Lipinski definition) is 2. The van der Waals surface area contributed by atoms with Gasteiger partial charge in [-0.1, -0.05) is 15.9 Å². The summed E-state index contributed by atoms with van der Waals surface area (Å²) in [6.07, 6.45) is 0. The molecule has 0 aliphatic rings. The zero-order valence-electron chi connectivity index (χ0n) is 9.15. The highest BCUT2D eigenvalue weighted by Crippen LogP contribution is 2.20. The number of halogens is 2. The average molecular weight is 310 g/mol. The van der Waals surface area contributed by atoms with E-state index in [1.165, 1.54) is 12.1 Å². The molecule has 92 valence electrons. The van der Waals surface area contributed by atoms with Crippen molar-refractivity contribution in [2.75, 3.05) is 5.32 Å². The molecule has 0 aliphatic heterocycles. The third-order valence-electron chi connectivity index (χ3n) is 2.31. The van der Waals surface area contributed by atoms with Crippen molar-refractivity contribution in [2.24, 2.45) is 0 Å². The molecule has 0 aromatic heterocycles. The van der Waals surface area contributed by atoms with E-state index in [9.17, 15) is 9.18 Å². The monoisotopic (exact) mass is 309 g/mol. The van der Waals surface area contributed by atoms with Crippen molar-refractivity contribution < 1.29 is 14.3 Å². The Morgan fingerprint density at radius 1 is 1.17 bits per heavy atom. The highest BCUT2D eigenvalue weighted by molar-refractivity contribution is 9.10. The average Bonchev–Trinajstić information content (AvgIpc) is 2.34. The number of nitrogens with one attached hydrogen (secondary N) is 1. The first-order valence-electron chi connectivity index (χ1n) is 5.12. The smallest absolute Gasteiger partial charge is 0.255 e. The normalized spacial score (nSPS) is 10.1. The molecule has 0 saturated heterocycles. The van der Waals surface area contributed by atoms with Crippen LogP contribution in [0.1, 0.15) is 10.4 Å². The molecule has 0 saturated carbocycles. The second-order valence-corrected chi connectivity index (χ2v) is 4.54. The zero-order valence-corrected chi connectivity index (χ0v) is 10.7. The van der Waals surface area contributed by atoms with Gasteiger partial charge in [-0.3, -0.25) is 4.79 Å². The van der Waals surface area contributed by atoms with Crippen LogP contribution in [0.4, 0.5) is 10.1 Å². The number of carbonyl (C=O) groups excluding carboxylic acids is 1. The van der Waals surface area contributed by atoms with E-state index in [1.54, 1.807) is 24.3 Å². The lowest BCUT2D eigenvalue weighted by Gasteiger charge is -2.06. The van der Waals surface area contributed by atoms with Crippen LogP contribution in [0.3, 0.4) is 0 Å². The van der Waals surface area contributed by atoms with Gasteiger partial charge < -0.3 is 10.4 Å². The Morgan fingerprint density at radius 2 is 1.83 bits per heavy atom. The van der Waals surface area contributed by atoms with Crippen molar-refractivity contribution in [1.82, 2.24) is 0 Å². The molecule has 1 amide bonds. The second kappa shape index (κ2) is 5.18. The Kier molecular flexibility index (Phi) is 3.62. The SMILES string of the molecule is O=C(Nc1ccc(O)c(F)c1)c1ccc(Br)cc1. The molecule has 0 heterocycles. The van der Waals surface area contributed by atoms with Crippen LogP contribution >= 0.6 is 15.9 Å². The Bertz CT molecular complexity index is 584. The molecule has 5 heteroatoms. The maximum absolute atomic E-state index is 13.1. The minimum Gasteiger partial charge on any atom is -0.505 e. The number of carbonyl (C=O) groups is 1. The highest BCUT2D eigenvalue weighted by atomic mass is 79.9. The number of anilines is 1. The van der Waals surface area contributed by atoms with E-state index >= 15 is 0 Å². The van der Waals surface area contributed by atoms with Gasteiger partial charge in [-0.15, -0.1) is 0 Å². The topological polar surface area (TPSA) is 49.3 Å². The molecule has 2 aromatic carbocycles. The van der Waals surface area contributed by atoms with Gasteiger partial charge in [0.2, 0.25) is 0 Å². The quantitative estimate of drug-likeness (QED) is 0.834. The summed E-state index contributed by atoms with van der Waals surface area (Å²) in [5.74, 6) is -1.56. The van der Waals surface area contributed by atoms with E-state index in [4.69, 9.17) is 5.11 Å². The van der Waals surface area contributed by atoms with Crippen LogP contribution in [-0.2, 0) is 0 Å². The largest absolute Gasteiger partial charge is 0.505 e. The third-order valence-corrected chi connectivity index (χ3v) is 2.84. The van der Waals surface area contributed by atoms with E-state index < -0.39 is 11.6 Å². The highest BCUT2D eigenvalue weighted by Gasteiger charge is 2.07. The molecule has 2 aromatic rings. The molecular formula is C13H9BrFNO2. The first kappa shape index (κ1) is 12.6. The van der Waals surface area contributed by atoms with Crippen molar-refractivity contribution in [2.45, 2.75) is 0 Å². The Morgan fingerprint density at radius 3 is 2.44 bits per heavy atom. The van der Waals surface area contributed by atoms with Crippen molar-refractivity contribution in [3.63, 3.8) is 0 Å². The minimum absolute atomic E-state index is 0.290. The maximum atomic E-state index is 13.1. The van der Waals surface area contributed by atoms with Gasteiger partial charge in [0.15, 0.2) is 11.6 Å². The molecule has 0 radical (unpaired) electrons. The van der Waals surface area contributed by atoms with Crippen molar-refractivity contribution in [3.05, 3.63) is 58.3 Å². The van der Waals surface area contributed by atoms with Gasteiger partial charge in [-0.05, 0) is 36.4 Å². The molecule has 0 aliphatic carbocycles. The summed E-state index contributed by atoms with van der Waals surface area (Å²) in [6.45, 7) is 0. The standard InChI is InChI=1S/C13H9BrFNO2/c14-9-3-1-8(2-4-9)13(18)16-10-5-6-12(17)11(15)7-10/h1-7,17H,(H,16,18). The summed E-state index contributed by atoms with van der Waals surface area (Å²) in [7, 11) is 0. The summed E-state index contributed by atoms with van der Waals surface area (Å²) in [5.41, 5.74) is 0.755. The van der Waals surface area contributed by atoms with Gasteiger partial charge in [0, 0.05) is 21.8 Å². The molecule has 0 unspecified atom stereocenters. The van der Waals surface area contributed by atoms with Crippen molar-refractivity contribution in [3.8, 4) is 5.75 Å². The first-order valence-corrected chi connectivity index (χ1v) is 5.91. The van der Waals surface area contributed by atoms with Crippen LogP contribution in [0.25, 0.3) is 0 Å². The number of phenols is 1. The van der Waals surface area contributed by atoms with E-state index in [-0.39, 0.29) is 5.91 Å². The predicted molar refractivity (Wildman–Crippen MR) is 70.2 cm³/mol. The number of benzene rings is 2. The van der Waals surface area contributed by atoms with E-state index in [2.05, 4.69) is 21.2 Å². The van der Waals surface area contributed by atoms with Gasteiger partial charge in [-0.25, -0.2) is 4.39 Å². The van der Waals surface area contributed by atoms with Crippen LogP contribution in [-0.4, -0.2) is 11.0 Å². The predicted octanol–water partition coefficient (Wildman–Crippen LogP) is 3.55. The van der Waals surface area contributed by atoms with Gasteiger partial charge in [-0.2, -0.15) is 0 Å². The molecule has 0 fully saturated rings. The number of aromatic hydroxyl groups is 1. The van der Waals surface area contributed by atoms with Gasteiger partial charge in [0.25, 0.3) is 5.91 Å². The molecule has 3 nitrogen and oxygen atoms in total. The maximum Gasteiger partial charge on any atom is 0.255 e. The lowest BCUT2D eigenvalue weighted by molar-refractivity contribution is 0.102. The molecule has 2 N–H and O–H groups in total. The molecule has 0 spiro atoms. The summed E-state index contributed by atoms with van der Waals surface area (Å²) in [5, 5.41) is 11.6. The Balaban J connectivity index is 2.16. The van der Waals surface area contributed by atoms with Gasteiger partial charge >= 0.3 is 0 Å².